The van der Waals surface area contributed by atoms with Crippen molar-refractivity contribution in [2.45, 2.75) is 5.38 Å². The van der Waals surface area contributed by atoms with Gasteiger partial charge in [0, 0.05) is 8.95 Å². The average molecular weight is 391 g/mol. The zero-order valence-corrected chi connectivity index (χ0v) is 13.6. The minimum atomic E-state index is -0.182. The molecule has 0 aliphatic heterocycles. The summed E-state index contributed by atoms with van der Waals surface area (Å²) in [5.41, 5.74) is 2.09. The maximum Gasteiger partial charge on any atom is 0.120 e. The molecule has 1 atom stereocenters. The van der Waals surface area contributed by atoms with Crippen LogP contribution in [0.1, 0.15) is 16.5 Å². The predicted octanol–water partition coefficient (Wildman–Crippen LogP) is 5.55. The number of halogens is 3. The molecule has 0 aliphatic rings. The van der Waals surface area contributed by atoms with Gasteiger partial charge in [-0.25, -0.2) is 0 Å². The molecule has 94 valence electrons. The lowest BCUT2D eigenvalue weighted by molar-refractivity contribution is 0.414. The van der Waals surface area contributed by atoms with Gasteiger partial charge in [-0.3, -0.25) is 0 Å². The van der Waals surface area contributed by atoms with Crippen LogP contribution in [0.15, 0.2) is 51.4 Å². The molecule has 1 nitrogen and oxygen atoms in total. The number of ether oxygens (including phenoxy) is 1. The molecule has 0 heterocycles. The van der Waals surface area contributed by atoms with Crippen LogP contribution < -0.4 is 4.74 Å². The molecule has 0 aromatic heterocycles. The Bertz CT molecular complexity index is 540. The fraction of sp³-hybridized carbons (Fsp3) is 0.143. The molecule has 2 rings (SSSR count). The molecular formula is C14H11Br2ClO. The summed E-state index contributed by atoms with van der Waals surface area (Å²) >= 11 is 13.4. The molecule has 2 aromatic rings. The minimum Gasteiger partial charge on any atom is -0.497 e. The first kappa shape index (κ1) is 13.9. The van der Waals surface area contributed by atoms with Crippen molar-refractivity contribution in [2.24, 2.45) is 0 Å². The van der Waals surface area contributed by atoms with E-state index in [2.05, 4.69) is 31.9 Å². The molecule has 0 bridgehead atoms. The SMILES string of the molecule is COc1ccc(C(Cl)c2ccc(Br)cc2)c(Br)c1. The average Bonchev–Trinajstić information content (AvgIpc) is 2.38. The van der Waals surface area contributed by atoms with Crippen LogP contribution >= 0.6 is 43.5 Å². The zero-order valence-electron chi connectivity index (χ0n) is 9.66. The van der Waals surface area contributed by atoms with E-state index in [4.69, 9.17) is 16.3 Å². The Hall–Kier alpha value is -0.510. The van der Waals surface area contributed by atoms with E-state index < -0.39 is 0 Å². The maximum atomic E-state index is 6.50. The summed E-state index contributed by atoms with van der Waals surface area (Å²) in [6, 6.07) is 13.8. The number of alkyl halides is 1. The third-order valence-electron chi connectivity index (χ3n) is 2.64. The van der Waals surface area contributed by atoms with Crippen molar-refractivity contribution in [3.63, 3.8) is 0 Å². The van der Waals surface area contributed by atoms with Crippen LogP contribution in [0.2, 0.25) is 0 Å². The van der Waals surface area contributed by atoms with E-state index in [0.717, 1.165) is 25.8 Å². The second-order valence-corrected chi connectivity index (χ2v) is 6.01. The van der Waals surface area contributed by atoms with Crippen molar-refractivity contribution in [1.82, 2.24) is 0 Å². The maximum absolute atomic E-state index is 6.50. The van der Waals surface area contributed by atoms with E-state index in [1.807, 2.05) is 42.5 Å². The Kier molecular flexibility index (Phi) is 4.71. The van der Waals surface area contributed by atoms with Gasteiger partial charge in [-0.1, -0.05) is 50.1 Å². The molecule has 0 saturated heterocycles. The number of hydrogen-bond acceptors (Lipinski definition) is 1. The van der Waals surface area contributed by atoms with Crippen LogP contribution in [-0.4, -0.2) is 7.11 Å². The molecule has 18 heavy (non-hydrogen) atoms. The fourth-order valence-electron chi connectivity index (χ4n) is 1.65. The zero-order chi connectivity index (χ0) is 13.1. The Morgan fingerprint density at radius 1 is 1.06 bits per heavy atom. The van der Waals surface area contributed by atoms with E-state index >= 15 is 0 Å². The number of benzene rings is 2. The highest BCUT2D eigenvalue weighted by Crippen LogP contribution is 2.35. The molecule has 0 aliphatic carbocycles. The summed E-state index contributed by atoms with van der Waals surface area (Å²) in [6.45, 7) is 0. The summed E-state index contributed by atoms with van der Waals surface area (Å²) in [5.74, 6) is 0.810. The molecular weight excluding hydrogens is 379 g/mol. The third kappa shape index (κ3) is 3.08. The lowest BCUT2D eigenvalue weighted by atomic mass is 10.0. The quantitative estimate of drug-likeness (QED) is 0.625. The highest BCUT2D eigenvalue weighted by molar-refractivity contribution is 9.10. The topological polar surface area (TPSA) is 9.23 Å². The Labute approximate surface area is 128 Å². The van der Waals surface area contributed by atoms with Crippen molar-refractivity contribution in [1.29, 1.82) is 0 Å². The van der Waals surface area contributed by atoms with Crippen LogP contribution in [0, 0.1) is 0 Å². The number of hydrogen-bond donors (Lipinski definition) is 0. The highest BCUT2D eigenvalue weighted by Gasteiger charge is 2.14. The molecule has 0 fully saturated rings. The second kappa shape index (κ2) is 6.09. The van der Waals surface area contributed by atoms with Crippen LogP contribution in [0.25, 0.3) is 0 Å². The molecule has 0 N–H and O–H groups in total. The predicted molar refractivity (Wildman–Crippen MR) is 82.5 cm³/mol. The van der Waals surface area contributed by atoms with E-state index in [0.29, 0.717) is 0 Å². The van der Waals surface area contributed by atoms with E-state index in [1.54, 1.807) is 7.11 Å². The smallest absolute Gasteiger partial charge is 0.120 e. The van der Waals surface area contributed by atoms with Gasteiger partial charge in [-0.2, -0.15) is 0 Å². The minimum absolute atomic E-state index is 0.182. The van der Waals surface area contributed by atoms with E-state index in [9.17, 15) is 0 Å². The highest BCUT2D eigenvalue weighted by atomic mass is 79.9. The van der Waals surface area contributed by atoms with Crippen molar-refractivity contribution in [2.75, 3.05) is 7.11 Å². The Morgan fingerprint density at radius 2 is 1.72 bits per heavy atom. The van der Waals surface area contributed by atoms with Gasteiger partial charge >= 0.3 is 0 Å². The summed E-state index contributed by atoms with van der Waals surface area (Å²) in [4.78, 5) is 0. The van der Waals surface area contributed by atoms with Crippen molar-refractivity contribution in [3.05, 3.63) is 62.5 Å². The van der Waals surface area contributed by atoms with Crippen molar-refractivity contribution in [3.8, 4) is 5.75 Å². The van der Waals surface area contributed by atoms with Gasteiger partial charge in [0.2, 0.25) is 0 Å². The monoisotopic (exact) mass is 388 g/mol. The summed E-state index contributed by atoms with van der Waals surface area (Å²) in [6.07, 6.45) is 0. The van der Waals surface area contributed by atoms with Crippen molar-refractivity contribution < 1.29 is 4.74 Å². The first-order valence-electron chi connectivity index (χ1n) is 5.35. The van der Waals surface area contributed by atoms with Gasteiger partial charge < -0.3 is 4.74 Å². The molecule has 4 heteroatoms. The summed E-state index contributed by atoms with van der Waals surface area (Å²) in [7, 11) is 1.65. The fourth-order valence-corrected chi connectivity index (χ4v) is 2.97. The lowest BCUT2D eigenvalue weighted by Gasteiger charge is -2.13. The van der Waals surface area contributed by atoms with Gasteiger partial charge in [0.1, 0.15) is 5.75 Å². The molecule has 1 unspecified atom stereocenters. The Morgan fingerprint density at radius 3 is 2.28 bits per heavy atom. The van der Waals surface area contributed by atoms with Gasteiger partial charge in [-0.05, 0) is 35.4 Å². The first-order chi connectivity index (χ1) is 8.61. The van der Waals surface area contributed by atoms with Gasteiger partial charge in [-0.15, -0.1) is 11.6 Å². The van der Waals surface area contributed by atoms with Gasteiger partial charge in [0.25, 0.3) is 0 Å². The van der Waals surface area contributed by atoms with Gasteiger partial charge in [0.15, 0.2) is 0 Å². The molecule has 0 spiro atoms. The standard InChI is InChI=1S/C14H11Br2ClO/c1-18-11-6-7-12(13(16)8-11)14(17)9-2-4-10(15)5-3-9/h2-8,14H,1H3. The first-order valence-corrected chi connectivity index (χ1v) is 7.37. The van der Waals surface area contributed by atoms with Crippen LogP contribution in [0.5, 0.6) is 5.75 Å². The lowest BCUT2D eigenvalue weighted by Crippen LogP contribution is -1.95. The summed E-state index contributed by atoms with van der Waals surface area (Å²) < 4.78 is 7.17. The van der Waals surface area contributed by atoms with E-state index in [1.165, 1.54) is 0 Å². The van der Waals surface area contributed by atoms with Crippen LogP contribution in [0.3, 0.4) is 0 Å². The molecule has 0 amide bonds. The van der Waals surface area contributed by atoms with Crippen molar-refractivity contribution >= 4 is 43.5 Å². The van der Waals surface area contributed by atoms with Crippen LogP contribution in [0.4, 0.5) is 0 Å². The Balaban J connectivity index is 2.33. The number of methoxy groups -OCH3 is 1. The van der Waals surface area contributed by atoms with E-state index in [-0.39, 0.29) is 5.38 Å². The molecule has 0 radical (unpaired) electrons. The summed E-state index contributed by atoms with van der Waals surface area (Å²) in [5, 5.41) is -0.182. The molecule has 2 aromatic carbocycles. The third-order valence-corrected chi connectivity index (χ3v) is 4.35. The number of rotatable bonds is 3. The van der Waals surface area contributed by atoms with Gasteiger partial charge in [0.05, 0.1) is 12.5 Å². The molecule has 0 saturated carbocycles. The normalized spacial score (nSPS) is 12.2. The second-order valence-electron chi connectivity index (χ2n) is 3.80. The van der Waals surface area contributed by atoms with Crippen LogP contribution in [-0.2, 0) is 0 Å². The largest absolute Gasteiger partial charge is 0.497 e.